The molecule has 114 valence electrons. The van der Waals surface area contributed by atoms with Gasteiger partial charge in [0.05, 0.1) is 10.4 Å². The largest absolute Gasteiger partial charge is 0.384 e. The van der Waals surface area contributed by atoms with Gasteiger partial charge in [0.25, 0.3) is 0 Å². The fraction of sp³-hybridized carbons (Fsp3) is 0.533. The Balaban J connectivity index is 1.71. The van der Waals surface area contributed by atoms with Crippen molar-refractivity contribution >= 4 is 23.1 Å². The Morgan fingerprint density at radius 1 is 1.57 bits per heavy atom. The highest BCUT2D eigenvalue weighted by Gasteiger charge is 2.30. The number of aryl methyl sites for hydroxylation is 1. The lowest BCUT2D eigenvalue weighted by atomic mass is 9.97. The van der Waals surface area contributed by atoms with Crippen LogP contribution in [-0.4, -0.2) is 26.7 Å². The first kappa shape index (κ1) is 15.1. The fourth-order valence-corrected chi connectivity index (χ4v) is 5.23. The minimum absolute atomic E-state index is 0.325. The van der Waals surface area contributed by atoms with E-state index in [1.165, 1.54) is 9.77 Å². The molecule has 2 N–H and O–H groups in total. The Bertz CT molecular complexity index is 620. The number of thiophene rings is 1. The summed E-state index contributed by atoms with van der Waals surface area (Å²) in [4.78, 5) is 0. The second-order valence-electron chi connectivity index (χ2n) is 5.94. The molecule has 0 saturated heterocycles. The third-order valence-electron chi connectivity index (χ3n) is 3.93. The van der Waals surface area contributed by atoms with E-state index in [0.717, 1.165) is 12.0 Å². The van der Waals surface area contributed by atoms with Gasteiger partial charge in [-0.1, -0.05) is 6.92 Å². The molecule has 0 radical (unpaired) electrons. The predicted octanol–water partition coefficient (Wildman–Crippen LogP) is 2.90. The molecule has 6 heteroatoms. The van der Waals surface area contributed by atoms with Crippen LogP contribution < -0.4 is 5.32 Å². The van der Waals surface area contributed by atoms with Crippen LogP contribution in [0.3, 0.4) is 0 Å². The molecular formula is C15H21N3OS2. The van der Waals surface area contributed by atoms with E-state index in [1.54, 1.807) is 10.9 Å². The third kappa shape index (κ3) is 3.18. The predicted molar refractivity (Wildman–Crippen MR) is 87.8 cm³/mol. The molecule has 0 saturated carbocycles. The van der Waals surface area contributed by atoms with Crippen molar-refractivity contribution in [3.63, 3.8) is 0 Å². The molecule has 3 rings (SSSR count). The first-order valence-corrected chi connectivity index (χ1v) is 8.90. The molecule has 1 aliphatic heterocycles. The first-order valence-electron chi connectivity index (χ1n) is 7.14. The maximum Gasteiger partial charge on any atom is 0.102 e. The average molecular weight is 323 g/mol. The topological polar surface area (TPSA) is 50.1 Å². The van der Waals surface area contributed by atoms with Gasteiger partial charge in [-0.3, -0.25) is 4.68 Å². The lowest BCUT2D eigenvalue weighted by molar-refractivity contribution is 0.0532. The molecule has 0 amide bonds. The van der Waals surface area contributed by atoms with Crippen LogP contribution in [0.5, 0.6) is 0 Å². The normalized spacial score (nSPS) is 24.6. The summed E-state index contributed by atoms with van der Waals surface area (Å²) in [5.41, 5.74) is 1.32. The van der Waals surface area contributed by atoms with Gasteiger partial charge in [-0.15, -0.1) is 23.1 Å². The standard InChI is InChI=1S/C15H21N3OS2/c1-10-6-13(12-4-5-20-14(12)21-10)16-9-15(2,19)11-7-17-18(3)8-11/h4-5,7-8,10,13,16,19H,6,9H2,1-3H3/t10-,13?,15?/m0/s1. The van der Waals surface area contributed by atoms with E-state index in [2.05, 4.69) is 28.8 Å². The molecule has 2 aromatic heterocycles. The number of hydrogen-bond acceptors (Lipinski definition) is 5. The van der Waals surface area contributed by atoms with Crippen molar-refractivity contribution in [2.45, 2.75) is 41.4 Å². The monoisotopic (exact) mass is 323 g/mol. The third-order valence-corrected chi connectivity index (χ3v) is 6.27. The number of nitrogens with one attached hydrogen (secondary N) is 1. The van der Waals surface area contributed by atoms with Crippen LogP contribution in [0.1, 0.15) is 37.4 Å². The summed E-state index contributed by atoms with van der Waals surface area (Å²) >= 11 is 3.77. The minimum atomic E-state index is -0.904. The van der Waals surface area contributed by atoms with E-state index in [0.29, 0.717) is 17.8 Å². The van der Waals surface area contributed by atoms with Crippen LogP contribution in [0, 0.1) is 0 Å². The van der Waals surface area contributed by atoms with E-state index in [4.69, 9.17) is 0 Å². The van der Waals surface area contributed by atoms with Gasteiger partial charge < -0.3 is 10.4 Å². The van der Waals surface area contributed by atoms with Gasteiger partial charge in [0.2, 0.25) is 0 Å². The Morgan fingerprint density at radius 3 is 3.10 bits per heavy atom. The highest BCUT2D eigenvalue weighted by atomic mass is 32.2. The molecular weight excluding hydrogens is 302 g/mol. The first-order chi connectivity index (χ1) is 9.95. The van der Waals surface area contributed by atoms with Gasteiger partial charge in [-0.2, -0.15) is 5.10 Å². The molecule has 3 atom stereocenters. The van der Waals surface area contributed by atoms with Gasteiger partial charge in [-0.25, -0.2) is 0 Å². The Labute approximate surface area is 133 Å². The molecule has 2 aromatic rings. The van der Waals surface area contributed by atoms with Crippen molar-refractivity contribution < 1.29 is 5.11 Å². The number of rotatable bonds is 4. The van der Waals surface area contributed by atoms with Crippen LogP contribution in [0.15, 0.2) is 28.0 Å². The molecule has 2 unspecified atom stereocenters. The second-order valence-corrected chi connectivity index (χ2v) is 8.56. The molecule has 0 bridgehead atoms. The van der Waals surface area contributed by atoms with E-state index >= 15 is 0 Å². The Morgan fingerprint density at radius 2 is 2.38 bits per heavy atom. The van der Waals surface area contributed by atoms with E-state index in [1.807, 2.05) is 43.3 Å². The average Bonchev–Trinajstić information content (AvgIpc) is 3.04. The highest BCUT2D eigenvalue weighted by molar-refractivity contribution is 8.01. The smallest absolute Gasteiger partial charge is 0.102 e. The Kier molecular flexibility index (Phi) is 4.14. The molecule has 21 heavy (non-hydrogen) atoms. The molecule has 0 spiro atoms. The quantitative estimate of drug-likeness (QED) is 0.908. The number of aliphatic hydroxyl groups is 1. The minimum Gasteiger partial charge on any atom is -0.384 e. The summed E-state index contributed by atoms with van der Waals surface area (Å²) < 4.78 is 3.13. The molecule has 3 heterocycles. The maximum atomic E-state index is 10.7. The van der Waals surface area contributed by atoms with Crippen LogP contribution in [0.2, 0.25) is 0 Å². The zero-order valence-corrected chi connectivity index (χ0v) is 14.2. The van der Waals surface area contributed by atoms with Gasteiger partial charge >= 0.3 is 0 Å². The number of thioether (sulfide) groups is 1. The van der Waals surface area contributed by atoms with Crippen LogP contribution >= 0.6 is 23.1 Å². The zero-order valence-electron chi connectivity index (χ0n) is 12.5. The Hall–Kier alpha value is -0.820. The molecule has 0 aromatic carbocycles. The fourth-order valence-electron chi connectivity index (χ4n) is 2.67. The van der Waals surface area contributed by atoms with Crippen molar-refractivity contribution in [3.8, 4) is 0 Å². The van der Waals surface area contributed by atoms with E-state index < -0.39 is 5.60 Å². The summed E-state index contributed by atoms with van der Waals surface area (Å²) in [7, 11) is 1.87. The van der Waals surface area contributed by atoms with Crippen molar-refractivity contribution in [1.29, 1.82) is 0 Å². The SMILES string of the molecule is C[C@H]1CC(NCC(C)(O)c2cnn(C)c2)c2ccsc2S1. The lowest BCUT2D eigenvalue weighted by Gasteiger charge is -2.31. The summed E-state index contributed by atoms with van der Waals surface area (Å²) in [5, 5.41) is 21.1. The van der Waals surface area contributed by atoms with Crippen LogP contribution in [0.4, 0.5) is 0 Å². The maximum absolute atomic E-state index is 10.7. The molecule has 0 fully saturated rings. The van der Waals surface area contributed by atoms with Gasteiger partial charge in [0.1, 0.15) is 5.60 Å². The summed E-state index contributed by atoms with van der Waals surface area (Å²) in [5.74, 6) is 0. The number of aromatic nitrogens is 2. The summed E-state index contributed by atoms with van der Waals surface area (Å²) in [6, 6.07) is 2.53. The highest BCUT2D eigenvalue weighted by Crippen LogP contribution is 2.43. The van der Waals surface area contributed by atoms with Crippen molar-refractivity contribution in [2.75, 3.05) is 6.54 Å². The van der Waals surface area contributed by atoms with Gasteiger partial charge in [0.15, 0.2) is 0 Å². The molecule has 1 aliphatic rings. The summed E-state index contributed by atoms with van der Waals surface area (Å²) in [6.07, 6.45) is 4.70. The van der Waals surface area contributed by atoms with Crippen molar-refractivity contribution in [2.24, 2.45) is 7.05 Å². The van der Waals surface area contributed by atoms with Crippen LogP contribution in [-0.2, 0) is 12.6 Å². The van der Waals surface area contributed by atoms with E-state index in [9.17, 15) is 5.11 Å². The molecule has 0 aliphatic carbocycles. The molecule has 4 nitrogen and oxygen atoms in total. The zero-order chi connectivity index (χ0) is 15.0. The van der Waals surface area contributed by atoms with Gasteiger partial charge in [-0.05, 0) is 30.4 Å². The van der Waals surface area contributed by atoms with Crippen molar-refractivity contribution in [3.05, 3.63) is 35.0 Å². The number of hydrogen-bond donors (Lipinski definition) is 2. The lowest BCUT2D eigenvalue weighted by Crippen LogP contribution is -2.38. The number of nitrogens with zero attached hydrogens (tertiary/aromatic N) is 2. The van der Waals surface area contributed by atoms with Crippen LogP contribution in [0.25, 0.3) is 0 Å². The van der Waals surface area contributed by atoms with E-state index in [-0.39, 0.29) is 0 Å². The number of fused-ring (bicyclic) bond motifs is 1. The second kappa shape index (κ2) is 5.76. The van der Waals surface area contributed by atoms with Crippen molar-refractivity contribution in [1.82, 2.24) is 15.1 Å². The van der Waals surface area contributed by atoms with Gasteiger partial charge in [0, 0.05) is 36.6 Å². The summed E-state index contributed by atoms with van der Waals surface area (Å²) in [6.45, 7) is 4.63.